The monoisotopic (exact) mass is 231 g/mol. The van der Waals surface area contributed by atoms with Gasteiger partial charge in [0.15, 0.2) is 0 Å². The third-order valence-corrected chi connectivity index (χ3v) is 4.27. The quantitative estimate of drug-likeness (QED) is 0.779. The van der Waals surface area contributed by atoms with Crippen LogP contribution in [0.3, 0.4) is 0 Å². The molecule has 3 rings (SSSR count). The van der Waals surface area contributed by atoms with Crippen molar-refractivity contribution in [1.29, 1.82) is 0 Å². The van der Waals surface area contributed by atoms with Crippen LogP contribution in [0.2, 0.25) is 0 Å². The standard InChI is InChI=1S/C15H21NO/c17-15-10-13-4-2-1-3-12(13)9-14(15)11-5-7-16-8-6-11/h9-11,16-17H,1-8H2. The third kappa shape index (κ3) is 2.19. The molecule has 17 heavy (non-hydrogen) atoms. The maximum Gasteiger partial charge on any atom is 0.119 e. The smallest absolute Gasteiger partial charge is 0.119 e. The van der Waals surface area contributed by atoms with Crippen LogP contribution in [0.15, 0.2) is 12.1 Å². The minimum Gasteiger partial charge on any atom is -0.508 e. The van der Waals surface area contributed by atoms with Crippen LogP contribution in [-0.4, -0.2) is 18.2 Å². The molecule has 2 aliphatic rings. The number of benzene rings is 1. The second-order valence-electron chi connectivity index (χ2n) is 5.41. The van der Waals surface area contributed by atoms with Gasteiger partial charge in [-0.2, -0.15) is 0 Å². The van der Waals surface area contributed by atoms with Gasteiger partial charge in [0.1, 0.15) is 5.75 Å². The molecule has 0 bridgehead atoms. The van der Waals surface area contributed by atoms with E-state index >= 15 is 0 Å². The number of phenolic OH excluding ortho intramolecular Hbond substituents is 1. The summed E-state index contributed by atoms with van der Waals surface area (Å²) >= 11 is 0. The highest BCUT2D eigenvalue weighted by Crippen LogP contribution is 2.36. The highest BCUT2D eigenvalue weighted by molar-refractivity contribution is 5.45. The summed E-state index contributed by atoms with van der Waals surface area (Å²) in [4.78, 5) is 0. The molecule has 2 heteroatoms. The Bertz CT molecular complexity index is 408. The average molecular weight is 231 g/mol. The Labute approximate surface area is 103 Å². The van der Waals surface area contributed by atoms with Crippen LogP contribution in [0, 0.1) is 0 Å². The van der Waals surface area contributed by atoms with Crippen LogP contribution in [0.25, 0.3) is 0 Å². The number of nitrogens with one attached hydrogen (secondary N) is 1. The lowest BCUT2D eigenvalue weighted by molar-refractivity contribution is 0.423. The molecule has 1 fully saturated rings. The number of hydrogen-bond donors (Lipinski definition) is 2. The zero-order chi connectivity index (χ0) is 11.7. The van der Waals surface area contributed by atoms with E-state index in [1.165, 1.54) is 36.0 Å². The summed E-state index contributed by atoms with van der Waals surface area (Å²) in [6, 6.07) is 4.33. The van der Waals surface area contributed by atoms with Crippen molar-refractivity contribution in [3.63, 3.8) is 0 Å². The van der Waals surface area contributed by atoms with E-state index in [2.05, 4.69) is 11.4 Å². The molecule has 0 atom stereocenters. The van der Waals surface area contributed by atoms with Gasteiger partial charge in [0.25, 0.3) is 0 Å². The minimum absolute atomic E-state index is 0.539. The summed E-state index contributed by atoms with van der Waals surface area (Å²) in [5, 5.41) is 13.6. The average Bonchev–Trinajstić information content (AvgIpc) is 2.39. The highest BCUT2D eigenvalue weighted by Gasteiger charge is 2.21. The normalized spacial score (nSPS) is 21.2. The minimum atomic E-state index is 0.539. The Balaban J connectivity index is 1.93. The van der Waals surface area contributed by atoms with Gasteiger partial charge < -0.3 is 10.4 Å². The first kappa shape index (κ1) is 11.1. The van der Waals surface area contributed by atoms with E-state index in [4.69, 9.17) is 0 Å². The lowest BCUT2D eigenvalue weighted by Gasteiger charge is -2.26. The fourth-order valence-corrected chi connectivity index (χ4v) is 3.25. The second-order valence-corrected chi connectivity index (χ2v) is 5.41. The molecule has 2 nitrogen and oxygen atoms in total. The molecule has 1 saturated heterocycles. The van der Waals surface area contributed by atoms with Gasteiger partial charge in [-0.15, -0.1) is 0 Å². The van der Waals surface area contributed by atoms with E-state index in [9.17, 15) is 5.11 Å². The first-order valence-electron chi connectivity index (χ1n) is 6.90. The topological polar surface area (TPSA) is 32.3 Å². The molecular weight excluding hydrogens is 210 g/mol. The van der Waals surface area contributed by atoms with E-state index in [-0.39, 0.29) is 0 Å². The summed E-state index contributed by atoms with van der Waals surface area (Å²) in [5.41, 5.74) is 4.07. The summed E-state index contributed by atoms with van der Waals surface area (Å²) in [5.74, 6) is 1.10. The van der Waals surface area contributed by atoms with Crippen LogP contribution in [0.1, 0.15) is 48.3 Å². The van der Waals surface area contributed by atoms with Crippen LogP contribution >= 0.6 is 0 Å². The predicted octanol–water partition coefficient (Wildman–Crippen LogP) is 2.74. The number of piperidine rings is 1. The van der Waals surface area contributed by atoms with E-state index in [1.807, 2.05) is 6.07 Å². The van der Waals surface area contributed by atoms with Gasteiger partial charge in [0, 0.05) is 0 Å². The van der Waals surface area contributed by atoms with E-state index in [0.717, 1.165) is 32.4 Å². The summed E-state index contributed by atoms with van der Waals surface area (Å²) in [6.45, 7) is 2.17. The molecule has 1 aromatic carbocycles. The lowest BCUT2D eigenvalue weighted by atomic mass is 9.84. The Morgan fingerprint density at radius 1 is 1.00 bits per heavy atom. The summed E-state index contributed by atoms with van der Waals surface area (Å²) in [6.07, 6.45) is 7.25. The third-order valence-electron chi connectivity index (χ3n) is 4.27. The number of phenols is 1. The van der Waals surface area contributed by atoms with E-state index in [0.29, 0.717) is 11.7 Å². The second kappa shape index (κ2) is 4.69. The van der Waals surface area contributed by atoms with Crippen molar-refractivity contribution in [2.24, 2.45) is 0 Å². The van der Waals surface area contributed by atoms with Crippen molar-refractivity contribution in [3.8, 4) is 5.75 Å². The Morgan fingerprint density at radius 3 is 2.35 bits per heavy atom. The van der Waals surface area contributed by atoms with Gasteiger partial charge in [0.2, 0.25) is 0 Å². The van der Waals surface area contributed by atoms with Crippen molar-refractivity contribution in [1.82, 2.24) is 5.32 Å². The Kier molecular flexibility index (Phi) is 3.06. The molecule has 0 aromatic heterocycles. The molecular formula is C15H21NO. The van der Waals surface area contributed by atoms with Crippen molar-refractivity contribution >= 4 is 0 Å². The predicted molar refractivity (Wildman–Crippen MR) is 69.6 cm³/mol. The van der Waals surface area contributed by atoms with Gasteiger partial charge in [-0.25, -0.2) is 0 Å². The van der Waals surface area contributed by atoms with Crippen molar-refractivity contribution < 1.29 is 5.11 Å². The molecule has 2 N–H and O–H groups in total. The Hall–Kier alpha value is -1.02. The molecule has 1 aliphatic heterocycles. The van der Waals surface area contributed by atoms with Crippen LogP contribution in [0.4, 0.5) is 0 Å². The fourth-order valence-electron chi connectivity index (χ4n) is 3.25. The summed E-state index contributed by atoms with van der Waals surface area (Å²) in [7, 11) is 0. The number of aromatic hydroxyl groups is 1. The van der Waals surface area contributed by atoms with Crippen molar-refractivity contribution in [2.45, 2.75) is 44.4 Å². The molecule has 1 aliphatic carbocycles. The highest BCUT2D eigenvalue weighted by atomic mass is 16.3. The van der Waals surface area contributed by atoms with Crippen LogP contribution in [0.5, 0.6) is 5.75 Å². The SMILES string of the molecule is Oc1cc2c(cc1C1CCNCC1)CCCC2. The first-order valence-corrected chi connectivity index (χ1v) is 6.90. The molecule has 1 heterocycles. The zero-order valence-corrected chi connectivity index (χ0v) is 10.3. The van der Waals surface area contributed by atoms with Gasteiger partial charge in [-0.05, 0) is 80.3 Å². The molecule has 0 radical (unpaired) electrons. The number of fused-ring (bicyclic) bond motifs is 1. The van der Waals surface area contributed by atoms with Crippen molar-refractivity contribution in [3.05, 3.63) is 28.8 Å². The van der Waals surface area contributed by atoms with Crippen LogP contribution in [-0.2, 0) is 12.8 Å². The molecule has 0 unspecified atom stereocenters. The lowest BCUT2D eigenvalue weighted by Crippen LogP contribution is -2.26. The van der Waals surface area contributed by atoms with Gasteiger partial charge >= 0.3 is 0 Å². The van der Waals surface area contributed by atoms with Gasteiger partial charge in [-0.1, -0.05) is 6.07 Å². The van der Waals surface area contributed by atoms with Gasteiger partial charge in [0.05, 0.1) is 0 Å². The van der Waals surface area contributed by atoms with E-state index in [1.54, 1.807) is 0 Å². The maximum atomic E-state index is 10.2. The molecule has 0 saturated carbocycles. The molecule has 92 valence electrons. The molecule has 0 spiro atoms. The zero-order valence-electron chi connectivity index (χ0n) is 10.3. The molecule has 1 aromatic rings. The largest absolute Gasteiger partial charge is 0.508 e. The number of rotatable bonds is 1. The first-order chi connectivity index (χ1) is 8.34. The van der Waals surface area contributed by atoms with Crippen molar-refractivity contribution in [2.75, 3.05) is 13.1 Å². The molecule has 0 amide bonds. The fraction of sp³-hybridized carbons (Fsp3) is 0.600. The van der Waals surface area contributed by atoms with E-state index < -0.39 is 0 Å². The maximum absolute atomic E-state index is 10.2. The Morgan fingerprint density at radius 2 is 1.65 bits per heavy atom. The van der Waals surface area contributed by atoms with Gasteiger partial charge in [-0.3, -0.25) is 0 Å². The number of hydrogen-bond acceptors (Lipinski definition) is 2. The number of aryl methyl sites for hydroxylation is 2. The summed E-state index contributed by atoms with van der Waals surface area (Å²) < 4.78 is 0. The van der Waals surface area contributed by atoms with Crippen LogP contribution < -0.4 is 5.32 Å².